The standard InChI is InChI=1S/C4H2Br2N2O/c5-3-2(1-9)7-4(6)8-3/h1H,(H,7,8). The van der Waals surface area contributed by atoms with Crippen LogP contribution in [0.5, 0.6) is 0 Å². The molecule has 0 aliphatic rings. The number of imidazole rings is 1. The van der Waals surface area contributed by atoms with Crippen LogP contribution < -0.4 is 0 Å². The van der Waals surface area contributed by atoms with E-state index in [1.807, 2.05) is 0 Å². The van der Waals surface area contributed by atoms with E-state index in [1.165, 1.54) is 0 Å². The monoisotopic (exact) mass is 252 g/mol. The molecule has 0 bridgehead atoms. The van der Waals surface area contributed by atoms with E-state index in [0.29, 0.717) is 21.3 Å². The Kier molecular flexibility index (Phi) is 2.02. The average Bonchev–Trinajstić information content (AvgIpc) is 2.10. The minimum Gasteiger partial charge on any atom is -0.329 e. The van der Waals surface area contributed by atoms with Gasteiger partial charge in [-0.25, -0.2) is 4.98 Å². The summed E-state index contributed by atoms with van der Waals surface area (Å²) in [5, 5.41) is 0. The van der Waals surface area contributed by atoms with E-state index in [4.69, 9.17) is 0 Å². The Morgan fingerprint density at radius 3 is 2.44 bits per heavy atom. The highest BCUT2D eigenvalue weighted by Crippen LogP contribution is 2.14. The molecule has 1 N–H and O–H groups in total. The van der Waals surface area contributed by atoms with Gasteiger partial charge in [-0.15, -0.1) is 0 Å². The summed E-state index contributed by atoms with van der Waals surface area (Å²) in [6, 6.07) is 0. The minimum atomic E-state index is 0.446. The number of nitrogens with zero attached hydrogens (tertiary/aromatic N) is 1. The van der Waals surface area contributed by atoms with Crippen molar-refractivity contribution in [3.8, 4) is 0 Å². The highest BCUT2D eigenvalue weighted by Gasteiger charge is 2.02. The van der Waals surface area contributed by atoms with Crippen molar-refractivity contribution in [3.05, 3.63) is 15.0 Å². The van der Waals surface area contributed by atoms with Crippen molar-refractivity contribution in [3.63, 3.8) is 0 Å². The Hall–Kier alpha value is -0.160. The molecular formula is C4H2Br2N2O. The van der Waals surface area contributed by atoms with Gasteiger partial charge >= 0.3 is 0 Å². The number of hydrogen-bond donors (Lipinski definition) is 1. The first kappa shape index (κ1) is 6.95. The maximum absolute atomic E-state index is 10.1. The van der Waals surface area contributed by atoms with E-state index >= 15 is 0 Å². The molecule has 3 nitrogen and oxygen atoms in total. The van der Waals surface area contributed by atoms with E-state index in [0.717, 1.165) is 0 Å². The van der Waals surface area contributed by atoms with Crippen LogP contribution in [0.3, 0.4) is 0 Å². The summed E-state index contributed by atoms with van der Waals surface area (Å²) in [4.78, 5) is 16.6. The fraction of sp³-hybridized carbons (Fsp3) is 0. The highest BCUT2D eigenvalue weighted by molar-refractivity contribution is 9.11. The van der Waals surface area contributed by atoms with Gasteiger partial charge in [0.25, 0.3) is 0 Å². The number of H-pyrrole nitrogens is 1. The van der Waals surface area contributed by atoms with E-state index < -0.39 is 0 Å². The molecule has 0 aliphatic heterocycles. The molecule has 0 radical (unpaired) electrons. The summed E-state index contributed by atoms with van der Waals surface area (Å²) in [7, 11) is 0. The molecule has 0 fully saturated rings. The molecular weight excluding hydrogens is 252 g/mol. The van der Waals surface area contributed by atoms with Crippen molar-refractivity contribution in [2.75, 3.05) is 0 Å². The number of rotatable bonds is 1. The second-order valence-corrected chi connectivity index (χ2v) is 2.85. The van der Waals surface area contributed by atoms with Crippen LogP contribution >= 0.6 is 31.9 Å². The minimum absolute atomic E-state index is 0.446. The molecule has 1 aromatic rings. The number of aromatic amines is 1. The molecule has 0 atom stereocenters. The normalized spacial score (nSPS) is 9.56. The Morgan fingerprint density at radius 2 is 2.22 bits per heavy atom. The highest BCUT2D eigenvalue weighted by atomic mass is 79.9. The van der Waals surface area contributed by atoms with Gasteiger partial charge in [-0.05, 0) is 31.9 Å². The number of aldehydes is 1. The Morgan fingerprint density at radius 1 is 1.56 bits per heavy atom. The first-order chi connectivity index (χ1) is 4.24. The van der Waals surface area contributed by atoms with Gasteiger partial charge in [0.2, 0.25) is 0 Å². The molecule has 0 aromatic carbocycles. The summed E-state index contributed by atoms with van der Waals surface area (Å²) in [6.07, 6.45) is 0.696. The van der Waals surface area contributed by atoms with Crippen LogP contribution in [0.25, 0.3) is 0 Å². The van der Waals surface area contributed by atoms with Gasteiger partial charge in [0.05, 0.1) is 0 Å². The zero-order chi connectivity index (χ0) is 6.85. The lowest BCUT2D eigenvalue weighted by Gasteiger charge is -1.76. The first-order valence-electron chi connectivity index (χ1n) is 2.10. The fourth-order valence-electron chi connectivity index (χ4n) is 0.415. The second kappa shape index (κ2) is 2.62. The Bertz CT molecular complexity index is 232. The molecule has 0 aliphatic carbocycles. The van der Waals surface area contributed by atoms with E-state index in [1.54, 1.807) is 0 Å². The molecule has 1 rings (SSSR count). The molecule has 0 saturated carbocycles. The van der Waals surface area contributed by atoms with Crippen LogP contribution in [0, 0.1) is 0 Å². The van der Waals surface area contributed by atoms with E-state index in [9.17, 15) is 4.79 Å². The molecule has 48 valence electrons. The topological polar surface area (TPSA) is 45.8 Å². The van der Waals surface area contributed by atoms with Crippen LogP contribution in [-0.2, 0) is 0 Å². The van der Waals surface area contributed by atoms with Crippen LogP contribution in [0.1, 0.15) is 10.5 Å². The second-order valence-electron chi connectivity index (χ2n) is 1.35. The lowest BCUT2D eigenvalue weighted by atomic mass is 10.6. The van der Waals surface area contributed by atoms with Gasteiger partial charge < -0.3 is 4.98 Å². The summed E-state index contributed by atoms with van der Waals surface area (Å²) in [5.74, 6) is 0. The molecule has 0 unspecified atom stereocenters. The van der Waals surface area contributed by atoms with Gasteiger partial charge in [-0.2, -0.15) is 0 Å². The molecule has 9 heavy (non-hydrogen) atoms. The van der Waals surface area contributed by atoms with E-state index in [-0.39, 0.29) is 0 Å². The van der Waals surface area contributed by atoms with Crippen molar-refractivity contribution in [1.82, 2.24) is 9.97 Å². The van der Waals surface area contributed by atoms with Gasteiger partial charge in [0.15, 0.2) is 11.0 Å². The molecule has 5 heteroatoms. The quantitative estimate of drug-likeness (QED) is 0.776. The first-order valence-corrected chi connectivity index (χ1v) is 3.69. The number of carbonyl (C=O) groups excluding carboxylic acids is 1. The number of halogens is 2. The largest absolute Gasteiger partial charge is 0.329 e. The third kappa shape index (κ3) is 1.40. The molecule has 0 saturated heterocycles. The number of nitrogens with one attached hydrogen (secondary N) is 1. The van der Waals surface area contributed by atoms with E-state index in [2.05, 4.69) is 41.8 Å². The maximum atomic E-state index is 10.1. The molecule has 0 amide bonds. The zero-order valence-electron chi connectivity index (χ0n) is 4.19. The van der Waals surface area contributed by atoms with Crippen LogP contribution in [0.15, 0.2) is 9.34 Å². The number of aromatic nitrogens is 2. The SMILES string of the molecule is O=Cc1[nH]c(Br)nc1Br. The summed E-state index contributed by atoms with van der Waals surface area (Å²) < 4.78 is 1.08. The van der Waals surface area contributed by atoms with Crippen molar-refractivity contribution in [1.29, 1.82) is 0 Å². The molecule has 0 spiro atoms. The zero-order valence-corrected chi connectivity index (χ0v) is 7.36. The van der Waals surface area contributed by atoms with Crippen LogP contribution in [-0.4, -0.2) is 16.3 Å². The predicted octanol–water partition coefficient (Wildman–Crippen LogP) is 1.75. The van der Waals surface area contributed by atoms with Gasteiger partial charge in [0.1, 0.15) is 10.3 Å². The lowest BCUT2D eigenvalue weighted by molar-refractivity contribution is 0.111. The van der Waals surface area contributed by atoms with Crippen molar-refractivity contribution >= 4 is 38.1 Å². The summed E-state index contributed by atoms with van der Waals surface area (Å²) in [6.45, 7) is 0. The third-order valence-corrected chi connectivity index (χ3v) is 1.75. The lowest BCUT2D eigenvalue weighted by Crippen LogP contribution is -1.77. The van der Waals surface area contributed by atoms with Crippen LogP contribution in [0.2, 0.25) is 0 Å². The number of carbonyl (C=O) groups is 1. The smallest absolute Gasteiger partial charge is 0.176 e. The predicted molar refractivity (Wildman–Crippen MR) is 39.4 cm³/mol. The molecule has 1 aromatic heterocycles. The summed E-state index contributed by atoms with van der Waals surface area (Å²) in [5.41, 5.74) is 0.446. The van der Waals surface area contributed by atoms with Crippen molar-refractivity contribution < 1.29 is 4.79 Å². The van der Waals surface area contributed by atoms with Crippen LogP contribution in [0.4, 0.5) is 0 Å². The summed E-state index contributed by atoms with van der Waals surface area (Å²) >= 11 is 6.14. The Balaban J connectivity index is 3.15. The van der Waals surface area contributed by atoms with Gasteiger partial charge in [0, 0.05) is 0 Å². The van der Waals surface area contributed by atoms with Gasteiger partial charge in [-0.3, -0.25) is 4.79 Å². The Labute approximate surface area is 68.1 Å². The fourth-order valence-corrected chi connectivity index (χ4v) is 1.41. The molecule has 1 heterocycles. The average molecular weight is 254 g/mol. The van der Waals surface area contributed by atoms with Crippen molar-refractivity contribution in [2.24, 2.45) is 0 Å². The van der Waals surface area contributed by atoms with Crippen molar-refractivity contribution in [2.45, 2.75) is 0 Å². The van der Waals surface area contributed by atoms with Gasteiger partial charge in [-0.1, -0.05) is 0 Å². The number of hydrogen-bond acceptors (Lipinski definition) is 2. The maximum Gasteiger partial charge on any atom is 0.176 e. The third-order valence-electron chi connectivity index (χ3n) is 0.774.